The molecule has 0 amide bonds. The van der Waals surface area contributed by atoms with Crippen molar-refractivity contribution in [3.8, 4) is 5.75 Å². The molecule has 1 unspecified atom stereocenters. The predicted molar refractivity (Wildman–Crippen MR) is 71.3 cm³/mol. The van der Waals surface area contributed by atoms with E-state index in [1.807, 2.05) is 45.3 Å². The van der Waals surface area contributed by atoms with Crippen LogP contribution in [0.2, 0.25) is 0 Å². The van der Waals surface area contributed by atoms with Gasteiger partial charge in [-0.3, -0.25) is 0 Å². The molecule has 0 fully saturated rings. The number of benzene rings is 1. The van der Waals surface area contributed by atoms with E-state index in [4.69, 9.17) is 10.5 Å². The maximum Gasteiger partial charge on any atom is 0.119 e. The molecule has 0 spiro atoms. The summed E-state index contributed by atoms with van der Waals surface area (Å²) in [6.45, 7) is 4.06. The molecule has 0 saturated heterocycles. The zero-order valence-electron chi connectivity index (χ0n) is 11.2. The normalized spacial score (nSPS) is 13.3. The van der Waals surface area contributed by atoms with Crippen molar-refractivity contribution < 1.29 is 9.84 Å². The lowest BCUT2D eigenvalue weighted by molar-refractivity contribution is 0.0195. The van der Waals surface area contributed by atoms with Gasteiger partial charge in [0.1, 0.15) is 18.0 Å². The quantitative estimate of drug-likeness (QED) is 0.732. The highest BCUT2D eigenvalue weighted by Crippen LogP contribution is 2.14. The Labute approximate surface area is 104 Å². The van der Waals surface area contributed by atoms with Gasteiger partial charge in [0, 0.05) is 6.54 Å². The van der Waals surface area contributed by atoms with Gasteiger partial charge in [-0.05, 0) is 45.6 Å². The standard InChI is InChI=1S/C11H17NO2.C2H7N/c1-9-4-3-5-10(6-9)14-8-11(2,13)7-12;1-3-2/h3-6,13H,7-8,12H2,1-2H3;3H,1-2H3. The summed E-state index contributed by atoms with van der Waals surface area (Å²) in [5, 5.41) is 12.4. The average molecular weight is 240 g/mol. The first-order valence-corrected chi connectivity index (χ1v) is 5.65. The van der Waals surface area contributed by atoms with Gasteiger partial charge in [-0.15, -0.1) is 0 Å². The number of aryl methyl sites for hydroxylation is 1. The zero-order valence-corrected chi connectivity index (χ0v) is 11.2. The van der Waals surface area contributed by atoms with Crippen molar-refractivity contribution in [3.63, 3.8) is 0 Å². The minimum Gasteiger partial charge on any atom is -0.491 e. The molecule has 0 aliphatic carbocycles. The van der Waals surface area contributed by atoms with Gasteiger partial charge in [0.25, 0.3) is 0 Å². The fraction of sp³-hybridized carbons (Fsp3) is 0.538. The largest absolute Gasteiger partial charge is 0.491 e. The number of nitrogens with two attached hydrogens (primary N) is 1. The molecule has 0 radical (unpaired) electrons. The Hall–Kier alpha value is -1.10. The molecule has 17 heavy (non-hydrogen) atoms. The Balaban J connectivity index is 0.000000770. The average Bonchev–Trinajstić information content (AvgIpc) is 2.28. The van der Waals surface area contributed by atoms with Gasteiger partial charge in [-0.25, -0.2) is 0 Å². The van der Waals surface area contributed by atoms with E-state index >= 15 is 0 Å². The van der Waals surface area contributed by atoms with E-state index < -0.39 is 5.60 Å². The fourth-order valence-corrected chi connectivity index (χ4v) is 1.00. The van der Waals surface area contributed by atoms with Gasteiger partial charge in [0.05, 0.1) is 0 Å². The van der Waals surface area contributed by atoms with Gasteiger partial charge >= 0.3 is 0 Å². The number of hydrogen-bond acceptors (Lipinski definition) is 4. The Morgan fingerprint density at radius 1 is 1.41 bits per heavy atom. The van der Waals surface area contributed by atoms with Gasteiger partial charge in [0.2, 0.25) is 0 Å². The second-order valence-corrected chi connectivity index (χ2v) is 4.31. The molecule has 0 aliphatic rings. The number of ether oxygens (including phenoxy) is 1. The molecule has 1 rings (SSSR count). The van der Waals surface area contributed by atoms with Crippen LogP contribution in [0.25, 0.3) is 0 Å². The third kappa shape index (κ3) is 7.74. The molecular weight excluding hydrogens is 216 g/mol. The van der Waals surface area contributed by atoms with Crippen LogP contribution < -0.4 is 15.8 Å². The lowest BCUT2D eigenvalue weighted by Gasteiger charge is -2.21. The van der Waals surface area contributed by atoms with Crippen molar-refractivity contribution in [1.82, 2.24) is 5.32 Å². The lowest BCUT2D eigenvalue weighted by atomic mass is 10.1. The zero-order chi connectivity index (χ0) is 13.3. The molecule has 98 valence electrons. The van der Waals surface area contributed by atoms with E-state index in [2.05, 4.69) is 5.32 Å². The molecule has 1 aromatic carbocycles. The van der Waals surface area contributed by atoms with E-state index in [-0.39, 0.29) is 13.2 Å². The molecule has 4 nitrogen and oxygen atoms in total. The number of hydrogen-bond donors (Lipinski definition) is 3. The topological polar surface area (TPSA) is 67.5 Å². The Bertz CT molecular complexity index is 314. The smallest absolute Gasteiger partial charge is 0.119 e. The van der Waals surface area contributed by atoms with E-state index in [0.717, 1.165) is 11.3 Å². The van der Waals surface area contributed by atoms with Crippen molar-refractivity contribution >= 4 is 0 Å². The van der Waals surface area contributed by atoms with Gasteiger partial charge in [-0.1, -0.05) is 12.1 Å². The maximum atomic E-state index is 9.60. The van der Waals surface area contributed by atoms with E-state index in [1.165, 1.54) is 0 Å². The van der Waals surface area contributed by atoms with Crippen molar-refractivity contribution in [2.45, 2.75) is 19.4 Å². The molecule has 0 aliphatic heterocycles. The monoisotopic (exact) mass is 240 g/mol. The van der Waals surface area contributed by atoms with Crippen LogP contribution in [0.1, 0.15) is 12.5 Å². The molecule has 0 heterocycles. The maximum absolute atomic E-state index is 9.60. The van der Waals surface area contributed by atoms with Crippen LogP contribution in [0, 0.1) is 6.92 Å². The highest BCUT2D eigenvalue weighted by atomic mass is 16.5. The summed E-state index contributed by atoms with van der Waals surface area (Å²) in [5.41, 5.74) is 5.55. The minimum absolute atomic E-state index is 0.193. The molecule has 1 aromatic rings. The van der Waals surface area contributed by atoms with Gasteiger partial charge in [0.15, 0.2) is 0 Å². The third-order valence-electron chi connectivity index (χ3n) is 1.98. The van der Waals surface area contributed by atoms with Crippen LogP contribution in [0.3, 0.4) is 0 Å². The highest BCUT2D eigenvalue weighted by molar-refractivity contribution is 5.27. The number of rotatable bonds is 4. The highest BCUT2D eigenvalue weighted by Gasteiger charge is 2.18. The van der Waals surface area contributed by atoms with E-state index in [0.29, 0.717) is 0 Å². The van der Waals surface area contributed by atoms with Gasteiger partial charge < -0.3 is 20.9 Å². The van der Waals surface area contributed by atoms with Crippen molar-refractivity contribution in [2.75, 3.05) is 27.2 Å². The Morgan fingerprint density at radius 3 is 2.47 bits per heavy atom. The first kappa shape index (κ1) is 15.9. The fourth-order valence-electron chi connectivity index (χ4n) is 1.00. The summed E-state index contributed by atoms with van der Waals surface area (Å²) in [6, 6.07) is 7.70. The molecule has 4 heteroatoms. The summed E-state index contributed by atoms with van der Waals surface area (Å²) in [7, 11) is 3.75. The number of aliphatic hydroxyl groups is 1. The van der Waals surface area contributed by atoms with Crippen molar-refractivity contribution in [2.24, 2.45) is 5.73 Å². The first-order chi connectivity index (χ1) is 7.95. The summed E-state index contributed by atoms with van der Waals surface area (Å²) >= 11 is 0. The van der Waals surface area contributed by atoms with E-state index in [9.17, 15) is 5.11 Å². The predicted octanol–water partition coefficient (Wildman–Crippen LogP) is 0.919. The summed E-state index contributed by atoms with van der Waals surface area (Å²) < 4.78 is 5.41. The molecule has 0 aromatic heterocycles. The third-order valence-corrected chi connectivity index (χ3v) is 1.98. The molecule has 4 N–H and O–H groups in total. The lowest BCUT2D eigenvalue weighted by Crippen LogP contribution is -2.40. The van der Waals surface area contributed by atoms with Crippen LogP contribution in [-0.2, 0) is 0 Å². The summed E-state index contributed by atoms with van der Waals surface area (Å²) in [5.74, 6) is 0.763. The Kier molecular flexibility index (Phi) is 7.54. The van der Waals surface area contributed by atoms with Crippen LogP contribution in [0.15, 0.2) is 24.3 Å². The van der Waals surface area contributed by atoms with Crippen LogP contribution in [0.4, 0.5) is 0 Å². The van der Waals surface area contributed by atoms with E-state index in [1.54, 1.807) is 6.92 Å². The van der Waals surface area contributed by atoms with Crippen LogP contribution in [-0.4, -0.2) is 38.0 Å². The SMILES string of the molecule is CNC.Cc1cccc(OCC(C)(O)CN)c1. The van der Waals surface area contributed by atoms with Crippen molar-refractivity contribution in [3.05, 3.63) is 29.8 Å². The second-order valence-electron chi connectivity index (χ2n) is 4.31. The number of nitrogens with one attached hydrogen (secondary N) is 1. The molecular formula is C13H24N2O2. The summed E-state index contributed by atoms with van der Waals surface area (Å²) in [4.78, 5) is 0. The minimum atomic E-state index is -0.955. The van der Waals surface area contributed by atoms with Crippen molar-refractivity contribution in [1.29, 1.82) is 0 Å². The molecule has 0 bridgehead atoms. The summed E-state index contributed by atoms with van der Waals surface area (Å²) in [6.07, 6.45) is 0. The van der Waals surface area contributed by atoms with Crippen LogP contribution >= 0.6 is 0 Å². The Morgan fingerprint density at radius 2 is 2.00 bits per heavy atom. The molecule has 1 atom stereocenters. The van der Waals surface area contributed by atoms with Gasteiger partial charge in [-0.2, -0.15) is 0 Å². The van der Waals surface area contributed by atoms with Crippen LogP contribution in [0.5, 0.6) is 5.75 Å². The first-order valence-electron chi connectivity index (χ1n) is 5.65. The second kappa shape index (κ2) is 8.06. The molecule has 0 saturated carbocycles.